The number of thiophene rings is 1. The van der Waals surface area contributed by atoms with E-state index in [-0.39, 0.29) is 11.5 Å². The van der Waals surface area contributed by atoms with E-state index in [9.17, 15) is 9.59 Å². The number of carboxylic acid groups (broad SMARTS) is 1. The van der Waals surface area contributed by atoms with E-state index in [1.165, 1.54) is 11.3 Å². The van der Waals surface area contributed by atoms with Gasteiger partial charge in [0.15, 0.2) is 0 Å². The van der Waals surface area contributed by atoms with Gasteiger partial charge in [0.05, 0.1) is 10.6 Å². The lowest BCUT2D eigenvalue weighted by Gasteiger charge is -2.28. The molecule has 4 nitrogen and oxygen atoms in total. The van der Waals surface area contributed by atoms with Gasteiger partial charge in [-0.2, -0.15) is 0 Å². The van der Waals surface area contributed by atoms with Crippen LogP contribution in [0, 0.1) is 0 Å². The molecule has 1 N–H and O–H groups in total. The van der Waals surface area contributed by atoms with Crippen molar-refractivity contribution in [3.05, 3.63) is 56.2 Å². The monoisotopic (exact) mass is 321 g/mol. The summed E-state index contributed by atoms with van der Waals surface area (Å²) in [5.74, 6) is -1.05. The van der Waals surface area contributed by atoms with Crippen LogP contribution in [-0.4, -0.2) is 28.4 Å². The minimum Gasteiger partial charge on any atom is -0.478 e. The summed E-state index contributed by atoms with van der Waals surface area (Å²) in [6, 6.07) is 6.79. The number of hydrogen-bond acceptors (Lipinski definition) is 3. The highest BCUT2D eigenvalue weighted by Crippen LogP contribution is 2.27. The maximum atomic E-state index is 12.4. The summed E-state index contributed by atoms with van der Waals surface area (Å²) in [4.78, 5) is 25.7. The molecule has 21 heavy (non-hydrogen) atoms. The van der Waals surface area contributed by atoms with E-state index < -0.39 is 5.97 Å². The summed E-state index contributed by atoms with van der Waals surface area (Å²) in [5.41, 5.74) is 2.24. The lowest BCUT2D eigenvalue weighted by molar-refractivity contribution is 0.0696. The van der Waals surface area contributed by atoms with Gasteiger partial charge in [-0.3, -0.25) is 4.79 Å². The summed E-state index contributed by atoms with van der Waals surface area (Å²) in [6.07, 6.45) is 0.726. The van der Waals surface area contributed by atoms with Crippen molar-refractivity contribution in [3.8, 4) is 0 Å². The second kappa shape index (κ2) is 5.50. The molecule has 1 aromatic heterocycles. The lowest BCUT2D eigenvalue weighted by atomic mass is 9.97. The van der Waals surface area contributed by atoms with Crippen LogP contribution >= 0.6 is 22.9 Å². The molecule has 0 bridgehead atoms. The Kier molecular flexibility index (Phi) is 3.69. The first kappa shape index (κ1) is 14.1. The molecule has 0 spiro atoms. The van der Waals surface area contributed by atoms with Crippen LogP contribution in [0.3, 0.4) is 0 Å². The molecule has 0 aliphatic carbocycles. The van der Waals surface area contributed by atoms with Crippen molar-refractivity contribution in [2.24, 2.45) is 0 Å². The van der Waals surface area contributed by atoms with Crippen LogP contribution in [-0.2, 0) is 13.0 Å². The number of nitrogens with zero attached hydrogens (tertiary/aromatic N) is 1. The summed E-state index contributed by atoms with van der Waals surface area (Å²) < 4.78 is 0. The molecule has 1 aliphatic rings. The first-order chi connectivity index (χ1) is 10.1. The van der Waals surface area contributed by atoms with E-state index in [1.54, 1.807) is 28.5 Å². The Labute approximate surface area is 130 Å². The smallest absolute Gasteiger partial charge is 0.335 e. The second-order valence-corrected chi connectivity index (χ2v) is 6.19. The van der Waals surface area contributed by atoms with Crippen molar-refractivity contribution >= 4 is 34.8 Å². The normalized spacial score (nSPS) is 13.9. The molecule has 1 aromatic carbocycles. The van der Waals surface area contributed by atoms with Crippen LogP contribution < -0.4 is 0 Å². The van der Waals surface area contributed by atoms with Gasteiger partial charge in [0.1, 0.15) is 4.88 Å². The number of hydrogen-bond donors (Lipinski definition) is 1. The molecule has 0 saturated heterocycles. The predicted molar refractivity (Wildman–Crippen MR) is 81.2 cm³/mol. The topological polar surface area (TPSA) is 57.6 Å². The Morgan fingerprint density at radius 3 is 2.71 bits per heavy atom. The molecule has 3 rings (SSSR count). The Morgan fingerprint density at radius 2 is 2.05 bits per heavy atom. The summed E-state index contributed by atoms with van der Waals surface area (Å²) >= 11 is 7.33. The van der Waals surface area contributed by atoms with E-state index in [2.05, 4.69) is 0 Å². The number of aromatic carboxylic acids is 1. The highest BCUT2D eigenvalue weighted by molar-refractivity contribution is 7.12. The zero-order valence-corrected chi connectivity index (χ0v) is 12.6. The van der Waals surface area contributed by atoms with Crippen molar-refractivity contribution in [1.82, 2.24) is 4.90 Å². The summed E-state index contributed by atoms with van der Waals surface area (Å²) in [7, 11) is 0. The third kappa shape index (κ3) is 2.66. The molecule has 108 valence electrons. The molecule has 0 atom stereocenters. The fraction of sp³-hybridized carbons (Fsp3) is 0.200. The van der Waals surface area contributed by atoms with Gasteiger partial charge in [0, 0.05) is 13.1 Å². The van der Waals surface area contributed by atoms with E-state index >= 15 is 0 Å². The number of fused-ring (bicyclic) bond motifs is 1. The minimum absolute atomic E-state index is 0.0959. The van der Waals surface area contributed by atoms with Crippen molar-refractivity contribution in [2.45, 2.75) is 13.0 Å². The predicted octanol–water partition coefficient (Wildman–Crippen LogP) is 3.30. The lowest BCUT2D eigenvalue weighted by Crippen LogP contribution is -2.35. The largest absolute Gasteiger partial charge is 0.478 e. The van der Waals surface area contributed by atoms with Crippen LogP contribution in [0.1, 0.15) is 31.2 Å². The van der Waals surface area contributed by atoms with Gasteiger partial charge in [-0.15, -0.1) is 11.3 Å². The zero-order valence-electron chi connectivity index (χ0n) is 11.0. The van der Waals surface area contributed by atoms with Crippen LogP contribution in [0.15, 0.2) is 29.6 Å². The van der Waals surface area contributed by atoms with E-state index in [0.717, 1.165) is 17.5 Å². The molecule has 0 radical (unpaired) electrons. The van der Waals surface area contributed by atoms with E-state index in [0.29, 0.717) is 23.0 Å². The summed E-state index contributed by atoms with van der Waals surface area (Å²) in [6.45, 7) is 1.04. The fourth-order valence-corrected chi connectivity index (χ4v) is 3.56. The first-order valence-electron chi connectivity index (χ1n) is 6.43. The quantitative estimate of drug-likeness (QED) is 0.923. The molecule has 0 saturated carbocycles. The van der Waals surface area contributed by atoms with Gasteiger partial charge in [-0.1, -0.05) is 17.7 Å². The van der Waals surface area contributed by atoms with Gasteiger partial charge in [-0.25, -0.2) is 4.79 Å². The van der Waals surface area contributed by atoms with E-state index in [4.69, 9.17) is 16.7 Å². The first-order valence-corrected chi connectivity index (χ1v) is 7.69. The number of benzene rings is 1. The van der Waals surface area contributed by atoms with Crippen LogP contribution in [0.4, 0.5) is 0 Å². The number of carboxylic acids is 1. The van der Waals surface area contributed by atoms with Gasteiger partial charge < -0.3 is 10.0 Å². The third-order valence-corrected chi connectivity index (χ3v) is 4.89. The SMILES string of the molecule is O=C(O)c1ccc2c(c1)CN(C(=O)c1sccc1Cl)CC2. The second-order valence-electron chi connectivity index (χ2n) is 4.86. The molecule has 0 fully saturated rings. The Bertz CT molecular complexity index is 725. The molecule has 1 amide bonds. The van der Waals surface area contributed by atoms with Crippen molar-refractivity contribution in [1.29, 1.82) is 0 Å². The average Bonchev–Trinajstić information content (AvgIpc) is 2.91. The zero-order chi connectivity index (χ0) is 15.0. The number of carbonyl (C=O) groups excluding carboxylic acids is 1. The minimum atomic E-state index is -0.956. The highest BCUT2D eigenvalue weighted by atomic mass is 35.5. The van der Waals surface area contributed by atoms with Crippen molar-refractivity contribution in [3.63, 3.8) is 0 Å². The average molecular weight is 322 g/mol. The fourth-order valence-electron chi connectivity index (χ4n) is 2.45. The molecule has 2 heterocycles. The Morgan fingerprint density at radius 1 is 1.24 bits per heavy atom. The molecular weight excluding hydrogens is 310 g/mol. The molecule has 6 heteroatoms. The van der Waals surface area contributed by atoms with Gasteiger partial charge in [0.25, 0.3) is 5.91 Å². The Balaban J connectivity index is 1.87. The van der Waals surface area contributed by atoms with Crippen LogP contribution in [0.25, 0.3) is 0 Å². The highest BCUT2D eigenvalue weighted by Gasteiger charge is 2.24. The van der Waals surface area contributed by atoms with Crippen LogP contribution in [0.5, 0.6) is 0 Å². The standard InChI is InChI=1S/C15H12ClNO3S/c16-12-4-6-21-13(12)14(18)17-5-3-9-1-2-10(15(19)20)7-11(9)8-17/h1-2,4,6-7H,3,5,8H2,(H,19,20). The number of halogens is 1. The van der Waals surface area contributed by atoms with E-state index in [1.807, 2.05) is 6.07 Å². The summed E-state index contributed by atoms with van der Waals surface area (Å²) in [5, 5.41) is 11.3. The maximum Gasteiger partial charge on any atom is 0.335 e. The number of carbonyl (C=O) groups is 2. The van der Waals surface area contributed by atoms with Gasteiger partial charge in [0.2, 0.25) is 0 Å². The Hall–Kier alpha value is -1.85. The van der Waals surface area contributed by atoms with Crippen molar-refractivity contribution < 1.29 is 14.7 Å². The molecule has 2 aromatic rings. The van der Waals surface area contributed by atoms with Gasteiger partial charge >= 0.3 is 5.97 Å². The maximum absolute atomic E-state index is 12.4. The number of amides is 1. The van der Waals surface area contributed by atoms with Crippen LogP contribution in [0.2, 0.25) is 5.02 Å². The molecule has 1 aliphatic heterocycles. The molecular formula is C15H12ClNO3S. The third-order valence-electron chi connectivity index (χ3n) is 3.56. The molecule has 0 unspecified atom stereocenters. The number of rotatable bonds is 2. The van der Waals surface area contributed by atoms with Gasteiger partial charge in [-0.05, 0) is 41.1 Å². The van der Waals surface area contributed by atoms with Crippen molar-refractivity contribution in [2.75, 3.05) is 6.54 Å².